The van der Waals surface area contributed by atoms with E-state index in [0.717, 1.165) is 11.4 Å². The molecule has 0 atom stereocenters. The highest BCUT2D eigenvalue weighted by Crippen LogP contribution is 2.27. The van der Waals surface area contributed by atoms with Crippen LogP contribution in [0.5, 0.6) is 0 Å². The zero-order valence-electron chi connectivity index (χ0n) is 11.0. The normalized spacial score (nSPS) is 10.6. The Bertz CT molecular complexity index is 651. The fourth-order valence-electron chi connectivity index (χ4n) is 1.46. The first-order valence-corrected chi connectivity index (χ1v) is 6.53. The Labute approximate surface area is 115 Å². The first kappa shape index (κ1) is 13.2. The van der Waals surface area contributed by atoms with Crippen molar-refractivity contribution >= 4 is 27.8 Å². The van der Waals surface area contributed by atoms with E-state index < -0.39 is 0 Å². The predicted molar refractivity (Wildman–Crippen MR) is 76.5 cm³/mol. The summed E-state index contributed by atoms with van der Waals surface area (Å²) >= 11 is 1.43. The van der Waals surface area contributed by atoms with E-state index in [0.29, 0.717) is 16.4 Å². The van der Waals surface area contributed by atoms with E-state index in [1.807, 2.05) is 37.4 Å². The van der Waals surface area contributed by atoms with Crippen molar-refractivity contribution in [2.24, 2.45) is 10.2 Å². The van der Waals surface area contributed by atoms with Crippen LogP contribution in [0.3, 0.4) is 0 Å². The molecule has 0 radical (unpaired) electrons. The molecule has 0 unspecified atom stereocenters. The third-order valence-corrected chi connectivity index (χ3v) is 3.31. The molecule has 96 valence electrons. The van der Waals surface area contributed by atoms with Crippen molar-refractivity contribution in [3.8, 4) is 6.07 Å². The summed E-state index contributed by atoms with van der Waals surface area (Å²) in [5, 5.41) is 19.8. The smallest absolute Gasteiger partial charge is 0.230 e. The monoisotopic (exact) mass is 271 g/mol. The molecule has 1 aromatic carbocycles. The Morgan fingerprint density at radius 2 is 2.11 bits per heavy atom. The lowest BCUT2D eigenvalue weighted by Crippen LogP contribution is -2.08. The van der Waals surface area contributed by atoms with E-state index in [1.165, 1.54) is 11.3 Å². The molecule has 0 bridgehead atoms. The van der Waals surface area contributed by atoms with Crippen molar-refractivity contribution in [3.63, 3.8) is 0 Å². The van der Waals surface area contributed by atoms with Gasteiger partial charge in [0.2, 0.25) is 5.13 Å². The standard InChI is InChI=1S/C13H13N5S/c1-9-8-19-13(15-9)17-16-12-5-4-11(18(2)3)6-10(12)7-14/h4-6,8H,1-3H3. The molecule has 1 aromatic heterocycles. The topological polar surface area (TPSA) is 64.6 Å². The summed E-state index contributed by atoms with van der Waals surface area (Å²) in [7, 11) is 3.85. The van der Waals surface area contributed by atoms with Gasteiger partial charge in [0.1, 0.15) is 11.8 Å². The second-order valence-corrected chi connectivity index (χ2v) is 5.02. The fourth-order valence-corrected chi connectivity index (χ4v) is 2.08. The number of thiazole rings is 1. The molecule has 2 aromatic rings. The van der Waals surface area contributed by atoms with Crippen molar-refractivity contribution in [2.75, 3.05) is 19.0 Å². The lowest BCUT2D eigenvalue weighted by molar-refractivity contribution is 1.12. The summed E-state index contributed by atoms with van der Waals surface area (Å²) < 4.78 is 0. The van der Waals surface area contributed by atoms with Crippen molar-refractivity contribution in [2.45, 2.75) is 6.92 Å². The molecule has 6 heteroatoms. The maximum atomic E-state index is 9.14. The maximum Gasteiger partial charge on any atom is 0.230 e. The van der Waals surface area contributed by atoms with Gasteiger partial charge in [-0.3, -0.25) is 0 Å². The molecule has 0 amide bonds. The van der Waals surface area contributed by atoms with Crippen LogP contribution in [0.2, 0.25) is 0 Å². The van der Waals surface area contributed by atoms with Crippen LogP contribution < -0.4 is 4.90 Å². The van der Waals surface area contributed by atoms with Gasteiger partial charge in [-0.15, -0.1) is 21.6 Å². The Hall–Kier alpha value is -2.26. The highest BCUT2D eigenvalue weighted by molar-refractivity contribution is 7.13. The van der Waals surface area contributed by atoms with Crippen LogP contribution in [0.1, 0.15) is 11.3 Å². The van der Waals surface area contributed by atoms with E-state index in [-0.39, 0.29) is 0 Å². The van der Waals surface area contributed by atoms with Gasteiger partial charge in [-0.25, -0.2) is 4.98 Å². The molecule has 0 N–H and O–H groups in total. The van der Waals surface area contributed by atoms with Crippen LogP contribution in [0.4, 0.5) is 16.5 Å². The Morgan fingerprint density at radius 1 is 1.32 bits per heavy atom. The molecule has 1 heterocycles. The molecule has 2 rings (SSSR count). The highest BCUT2D eigenvalue weighted by Gasteiger charge is 2.04. The third-order valence-electron chi connectivity index (χ3n) is 2.47. The summed E-state index contributed by atoms with van der Waals surface area (Å²) in [4.78, 5) is 6.13. The van der Waals surface area contributed by atoms with Gasteiger partial charge >= 0.3 is 0 Å². The molecule has 0 saturated carbocycles. The minimum absolute atomic E-state index is 0.503. The predicted octanol–water partition coefficient (Wildman–Crippen LogP) is 3.80. The largest absolute Gasteiger partial charge is 0.378 e. The second kappa shape index (κ2) is 5.59. The van der Waals surface area contributed by atoms with E-state index in [9.17, 15) is 0 Å². The molecule has 0 spiro atoms. The van der Waals surface area contributed by atoms with Crippen LogP contribution >= 0.6 is 11.3 Å². The summed E-state index contributed by atoms with van der Waals surface area (Å²) in [6.45, 7) is 1.90. The van der Waals surface area contributed by atoms with Crippen LogP contribution in [0, 0.1) is 18.3 Å². The number of benzene rings is 1. The zero-order valence-corrected chi connectivity index (χ0v) is 11.8. The number of hydrogen-bond acceptors (Lipinski definition) is 6. The van der Waals surface area contributed by atoms with Crippen LogP contribution in [-0.4, -0.2) is 19.1 Å². The SMILES string of the molecule is Cc1csc(N=Nc2ccc(N(C)C)cc2C#N)n1. The molecule has 5 nitrogen and oxygen atoms in total. The van der Waals surface area contributed by atoms with Crippen LogP contribution in [0.25, 0.3) is 0 Å². The molecular weight excluding hydrogens is 258 g/mol. The molecule has 0 saturated heterocycles. The number of nitrogens with zero attached hydrogens (tertiary/aromatic N) is 5. The summed E-state index contributed by atoms with van der Waals surface area (Å²) in [5.41, 5.74) is 2.94. The van der Waals surface area contributed by atoms with Crippen LogP contribution in [-0.2, 0) is 0 Å². The van der Waals surface area contributed by atoms with Crippen molar-refractivity contribution in [1.29, 1.82) is 5.26 Å². The molecule has 0 aliphatic rings. The number of aryl methyl sites for hydroxylation is 1. The summed E-state index contributed by atoms with van der Waals surface area (Å²) in [6.07, 6.45) is 0. The van der Waals surface area contributed by atoms with Crippen molar-refractivity contribution < 1.29 is 0 Å². The minimum atomic E-state index is 0.503. The number of hydrogen-bond donors (Lipinski definition) is 0. The minimum Gasteiger partial charge on any atom is -0.378 e. The van der Waals surface area contributed by atoms with Gasteiger partial charge in [-0.2, -0.15) is 5.26 Å². The third kappa shape index (κ3) is 3.14. The number of anilines is 1. The van der Waals surface area contributed by atoms with E-state index >= 15 is 0 Å². The summed E-state index contributed by atoms with van der Waals surface area (Å²) in [5.74, 6) is 0. The first-order chi connectivity index (χ1) is 9.10. The lowest BCUT2D eigenvalue weighted by atomic mass is 10.1. The zero-order chi connectivity index (χ0) is 13.8. The van der Waals surface area contributed by atoms with Gasteiger partial charge in [0.05, 0.1) is 11.3 Å². The number of nitriles is 1. The number of rotatable bonds is 3. The van der Waals surface area contributed by atoms with Gasteiger partial charge in [0, 0.05) is 25.2 Å². The molecule has 0 aliphatic carbocycles. The average molecular weight is 271 g/mol. The maximum absolute atomic E-state index is 9.14. The van der Waals surface area contributed by atoms with Gasteiger partial charge in [0.25, 0.3) is 0 Å². The van der Waals surface area contributed by atoms with Crippen LogP contribution in [0.15, 0.2) is 33.8 Å². The Balaban J connectivity index is 2.30. The van der Waals surface area contributed by atoms with Gasteiger partial charge in [0.15, 0.2) is 0 Å². The average Bonchev–Trinajstić information content (AvgIpc) is 2.81. The summed E-state index contributed by atoms with van der Waals surface area (Å²) in [6, 6.07) is 7.62. The van der Waals surface area contributed by atoms with Gasteiger partial charge < -0.3 is 4.90 Å². The number of aromatic nitrogens is 1. The van der Waals surface area contributed by atoms with E-state index in [4.69, 9.17) is 5.26 Å². The molecular formula is C13H13N5S. The quantitative estimate of drug-likeness (QED) is 0.797. The first-order valence-electron chi connectivity index (χ1n) is 5.65. The Kier molecular flexibility index (Phi) is 3.88. The van der Waals surface area contributed by atoms with Crippen molar-refractivity contribution in [3.05, 3.63) is 34.8 Å². The second-order valence-electron chi connectivity index (χ2n) is 4.18. The van der Waals surface area contributed by atoms with Gasteiger partial charge in [-0.1, -0.05) is 0 Å². The lowest BCUT2D eigenvalue weighted by Gasteiger charge is -2.12. The van der Waals surface area contributed by atoms with E-state index in [1.54, 1.807) is 12.1 Å². The van der Waals surface area contributed by atoms with Gasteiger partial charge in [-0.05, 0) is 25.1 Å². The Morgan fingerprint density at radius 3 is 2.68 bits per heavy atom. The molecule has 0 fully saturated rings. The number of azo groups is 1. The van der Waals surface area contributed by atoms with Crippen molar-refractivity contribution in [1.82, 2.24) is 4.98 Å². The molecule has 19 heavy (non-hydrogen) atoms. The van der Waals surface area contributed by atoms with E-state index in [2.05, 4.69) is 21.3 Å². The molecule has 0 aliphatic heterocycles. The highest BCUT2D eigenvalue weighted by atomic mass is 32.1. The fraction of sp³-hybridized carbons (Fsp3) is 0.231.